The molecular formula is C15H17ClN6O3. The van der Waals surface area contributed by atoms with Gasteiger partial charge < -0.3 is 21.1 Å². The zero-order chi connectivity index (χ0) is 17.8. The number of ether oxygens (including phenoxy) is 1. The monoisotopic (exact) mass is 364 g/mol. The van der Waals surface area contributed by atoms with Gasteiger partial charge in [0.05, 0.1) is 11.0 Å². The molecule has 1 aliphatic rings. The van der Waals surface area contributed by atoms with Gasteiger partial charge in [-0.1, -0.05) is 11.6 Å². The first-order valence-corrected chi connectivity index (χ1v) is 8.10. The lowest BCUT2D eigenvalue weighted by Crippen LogP contribution is -2.20. The van der Waals surface area contributed by atoms with E-state index in [1.165, 1.54) is 0 Å². The van der Waals surface area contributed by atoms with Crippen molar-refractivity contribution in [2.24, 2.45) is 0 Å². The van der Waals surface area contributed by atoms with E-state index in [1.54, 1.807) is 24.3 Å². The number of anilines is 4. The van der Waals surface area contributed by atoms with Crippen molar-refractivity contribution in [2.75, 3.05) is 29.5 Å². The molecule has 1 saturated heterocycles. The summed E-state index contributed by atoms with van der Waals surface area (Å²) in [5.41, 5.74) is 6.10. The van der Waals surface area contributed by atoms with E-state index < -0.39 is 4.92 Å². The minimum Gasteiger partial charge on any atom is -0.378 e. The third-order valence-corrected chi connectivity index (χ3v) is 3.97. The van der Waals surface area contributed by atoms with Crippen LogP contribution in [-0.2, 0) is 4.74 Å². The number of halogens is 1. The summed E-state index contributed by atoms with van der Waals surface area (Å²) in [5.74, 6) is -0.00368. The number of nitrogens with zero attached hydrogens (tertiary/aromatic N) is 3. The Labute approximate surface area is 148 Å². The summed E-state index contributed by atoms with van der Waals surface area (Å²) in [5, 5.41) is 17.8. The highest BCUT2D eigenvalue weighted by Crippen LogP contribution is 2.30. The van der Waals surface area contributed by atoms with Crippen LogP contribution in [0.3, 0.4) is 0 Å². The maximum Gasteiger partial charge on any atom is 0.353 e. The molecule has 0 saturated carbocycles. The number of nitrogens with one attached hydrogen (secondary N) is 2. The normalized spacial score (nSPS) is 16.6. The van der Waals surface area contributed by atoms with Crippen molar-refractivity contribution in [1.82, 2.24) is 9.97 Å². The maximum atomic E-state index is 11.3. The van der Waals surface area contributed by atoms with E-state index in [9.17, 15) is 10.1 Å². The van der Waals surface area contributed by atoms with Crippen molar-refractivity contribution in [1.29, 1.82) is 0 Å². The second-order valence-electron chi connectivity index (χ2n) is 5.53. The molecule has 0 amide bonds. The molecule has 10 heteroatoms. The van der Waals surface area contributed by atoms with Gasteiger partial charge >= 0.3 is 5.69 Å². The highest BCUT2D eigenvalue weighted by atomic mass is 35.5. The molecule has 1 aromatic carbocycles. The summed E-state index contributed by atoms with van der Waals surface area (Å²) in [6.07, 6.45) is 1.88. The Morgan fingerprint density at radius 2 is 2.12 bits per heavy atom. The molecule has 4 N–H and O–H groups in total. The zero-order valence-corrected chi connectivity index (χ0v) is 14.0. The van der Waals surface area contributed by atoms with E-state index in [4.69, 9.17) is 22.1 Å². The van der Waals surface area contributed by atoms with E-state index in [0.717, 1.165) is 12.8 Å². The summed E-state index contributed by atoms with van der Waals surface area (Å²) in [4.78, 5) is 18.8. The molecule has 1 atom stereocenters. The Bertz CT molecular complexity index is 765. The second-order valence-corrected chi connectivity index (χ2v) is 5.97. The van der Waals surface area contributed by atoms with Gasteiger partial charge in [0.15, 0.2) is 0 Å². The smallest absolute Gasteiger partial charge is 0.353 e. The quantitative estimate of drug-likeness (QED) is 0.527. The molecule has 1 aromatic heterocycles. The largest absolute Gasteiger partial charge is 0.378 e. The fraction of sp³-hybridized carbons (Fsp3) is 0.333. The predicted molar refractivity (Wildman–Crippen MR) is 95.3 cm³/mol. The molecular weight excluding hydrogens is 348 g/mol. The Kier molecular flexibility index (Phi) is 5.15. The van der Waals surface area contributed by atoms with Crippen LogP contribution in [0, 0.1) is 10.1 Å². The highest BCUT2D eigenvalue weighted by Gasteiger charge is 2.24. The average Bonchev–Trinajstić information content (AvgIpc) is 3.08. The van der Waals surface area contributed by atoms with Gasteiger partial charge in [0.1, 0.15) is 0 Å². The number of hydrogen-bond acceptors (Lipinski definition) is 8. The minimum atomic E-state index is -0.598. The van der Waals surface area contributed by atoms with E-state index in [1.807, 2.05) is 0 Å². The molecule has 0 bridgehead atoms. The zero-order valence-electron chi connectivity index (χ0n) is 13.2. The first-order chi connectivity index (χ1) is 12.0. The van der Waals surface area contributed by atoms with E-state index in [0.29, 0.717) is 23.9 Å². The Hall–Kier alpha value is -2.65. The molecule has 0 unspecified atom stereocenters. The molecule has 132 valence electrons. The summed E-state index contributed by atoms with van der Waals surface area (Å²) >= 11 is 5.85. The Morgan fingerprint density at radius 1 is 1.36 bits per heavy atom. The van der Waals surface area contributed by atoms with Gasteiger partial charge in [-0.05, 0) is 37.1 Å². The summed E-state index contributed by atoms with van der Waals surface area (Å²) < 4.78 is 5.51. The molecule has 0 radical (unpaired) electrons. The van der Waals surface area contributed by atoms with Crippen LogP contribution in [-0.4, -0.2) is 34.1 Å². The van der Waals surface area contributed by atoms with Crippen LogP contribution in [0.2, 0.25) is 5.02 Å². The number of nitrogens with two attached hydrogens (primary N) is 1. The third kappa shape index (κ3) is 4.25. The van der Waals surface area contributed by atoms with Crippen LogP contribution < -0.4 is 16.4 Å². The molecule has 25 heavy (non-hydrogen) atoms. The van der Waals surface area contributed by atoms with Gasteiger partial charge in [-0.25, -0.2) is 0 Å². The summed E-state index contributed by atoms with van der Waals surface area (Å²) in [6, 6.07) is 6.88. The van der Waals surface area contributed by atoms with Crippen molar-refractivity contribution in [3.8, 4) is 0 Å². The van der Waals surface area contributed by atoms with Crippen molar-refractivity contribution < 1.29 is 9.66 Å². The van der Waals surface area contributed by atoms with E-state index in [-0.39, 0.29) is 29.4 Å². The average molecular weight is 365 g/mol. The van der Waals surface area contributed by atoms with Gasteiger partial charge in [0.2, 0.25) is 17.6 Å². The van der Waals surface area contributed by atoms with Gasteiger partial charge in [-0.3, -0.25) is 10.1 Å². The molecule has 9 nitrogen and oxygen atoms in total. The van der Waals surface area contributed by atoms with Gasteiger partial charge in [-0.2, -0.15) is 9.97 Å². The lowest BCUT2D eigenvalue weighted by atomic mass is 10.2. The third-order valence-electron chi connectivity index (χ3n) is 3.72. The topological polar surface area (TPSA) is 128 Å². The lowest BCUT2D eigenvalue weighted by Gasteiger charge is -2.13. The maximum absolute atomic E-state index is 11.3. The highest BCUT2D eigenvalue weighted by molar-refractivity contribution is 6.30. The number of nitro groups is 1. The van der Waals surface area contributed by atoms with Crippen LogP contribution >= 0.6 is 11.6 Å². The number of rotatable bonds is 6. The van der Waals surface area contributed by atoms with Gasteiger partial charge in [-0.15, -0.1) is 0 Å². The van der Waals surface area contributed by atoms with Crippen LogP contribution in [0.1, 0.15) is 12.8 Å². The number of benzene rings is 1. The first-order valence-electron chi connectivity index (χ1n) is 7.73. The Balaban J connectivity index is 1.83. The second kappa shape index (κ2) is 7.49. The minimum absolute atomic E-state index is 0.00321. The molecule has 1 aliphatic heterocycles. The van der Waals surface area contributed by atoms with Crippen molar-refractivity contribution in [2.45, 2.75) is 18.9 Å². The van der Waals surface area contributed by atoms with E-state index in [2.05, 4.69) is 20.6 Å². The molecule has 0 spiro atoms. The van der Waals surface area contributed by atoms with Gasteiger partial charge in [0.25, 0.3) is 0 Å². The molecule has 2 aromatic rings. The molecule has 3 rings (SSSR count). The fourth-order valence-electron chi connectivity index (χ4n) is 2.51. The number of nitrogen functional groups attached to an aromatic ring is 1. The molecule has 2 heterocycles. The summed E-state index contributed by atoms with van der Waals surface area (Å²) in [7, 11) is 0. The van der Waals surface area contributed by atoms with Crippen LogP contribution in [0.4, 0.5) is 29.0 Å². The van der Waals surface area contributed by atoms with Crippen LogP contribution in [0.15, 0.2) is 24.3 Å². The van der Waals surface area contributed by atoms with E-state index >= 15 is 0 Å². The number of aromatic nitrogens is 2. The molecule has 0 aliphatic carbocycles. The fourth-order valence-corrected chi connectivity index (χ4v) is 2.64. The standard InChI is InChI=1S/C15H17ClN6O3/c16-9-3-5-10(6-4-9)19-15-20-13(17)12(22(23)24)14(21-15)18-8-11-2-1-7-25-11/h3-6,11H,1-2,7-8H2,(H4,17,18,19,20,21)/t11-/m1/s1. The van der Waals surface area contributed by atoms with Crippen LogP contribution in [0.5, 0.6) is 0 Å². The first kappa shape index (κ1) is 17.2. The van der Waals surface area contributed by atoms with Crippen LogP contribution in [0.25, 0.3) is 0 Å². The van der Waals surface area contributed by atoms with Crippen molar-refractivity contribution in [3.63, 3.8) is 0 Å². The lowest BCUT2D eigenvalue weighted by molar-refractivity contribution is -0.383. The van der Waals surface area contributed by atoms with Crippen molar-refractivity contribution in [3.05, 3.63) is 39.4 Å². The SMILES string of the molecule is Nc1nc(Nc2ccc(Cl)cc2)nc(NC[C@H]2CCCO2)c1[N+](=O)[O-]. The number of hydrogen-bond donors (Lipinski definition) is 3. The van der Waals surface area contributed by atoms with Crippen molar-refractivity contribution >= 4 is 40.6 Å². The Morgan fingerprint density at radius 3 is 2.76 bits per heavy atom. The molecule has 1 fully saturated rings. The predicted octanol–water partition coefficient (Wildman–Crippen LogP) is 2.95. The summed E-state index contributed by atoms with van der Waals surface area (Å²) in [6.45, 7) is 1.11. The van der Waals surface area contributed by atoms with Gasteiger partial charge in [0, 0.05) is 23.9 Å².